The molecule has 8 heteroatoms. The Morgan fingerprint density at radius 2 is 1.93 bits per heavy atom. The number of carbonyl (C=O) groups is 1. The van der Waals surface area contributed by atoms with Crippen molar-refractivity contribution in [1.29, 1.82) is 0 Å². The minimum Gasteiger partial charge on any atom is -0.467 e. The fourth-order valence-electron chi connectivity index (χ4n) is 2.50. The molecule has 29 heavy (non-hydrogen) atoms. The molecule has 0 saturated heterocycles. The second kappa shape index (κ2) is 13.3. The second-order valence-corrected chi connectivity index (χ2v) is 6.33. The Labute approximate surface area is 170 Å². The van der Waals surface area contributed by atoms with Crippen LogP contribution < -0.4 is 16.0 Å². The van der Waals surface area contributed by atoms with Crippen LogP contribution in [0.15, 0.2) is 52.1 Å². The summed E-state index contributed by atoms with van der Waals surface area (Å²) in [7, 11) is 0. The Morgan fingerprint density at radius 3 is 2.66 bits per heavy atom. The van der Waals surface area contributed by atoms with Gasteiger partial charge in [-0.05, 0) is 43.2 Å². The Bertz CT molecular complexity index is 733. The number of aliphatic imine (C=N–C) groups is 1. The highest BCUT2D eigenvalue weighted by Crippen LogP contribution is 2.03. The summed E-state index contributed by atoms with van der Waals surface area (Å²) in [5.74, 6) is 1.10. The van der Waals surface area contributed by atoms with E-state index in [1.54, 1.807) is 18.4 Å². The highest BCUT2D eigenvalue weighted by atomic mass is 19.1. The molecule has 0 saturated carbocycles. The Hall–Kier alpha value is -2.87. The maximum absolute atomic E-state index is 12.9. The lowest BCUT2D eigenvalue weighted by atomic mass is 10.1. The van der Waals surface area contributed by atoms with Gasteiger partial charge in [-0.25, -0.2) is 4.39 Å². The SMILES string of the molecule is CCNC(=NCCCOCc1ccco1)NCCNC(=O)Cc1ccc(F)cc1. The molecule has 0 aliphatic rings. The summed E-state index contributed by atoms with van der Waals surface area (Å²) in [6.07, 6.45) is 2.65. The summed E-state index contributed by atoms with van der Waals surface area (Å²) < 4.78 is 23.6. The van der Waals surface area contributed by atoms with E-state index < -0.39 is 0 Å². The van der Waals surface area contributed by atoms with Crippen molar-refractivity contribution in [1.82, 2.24) is 16.0 Å². The van der Waals surface area contributed by atoms with E-state index in [1.165, 1.54) is 12.1 Å². The largest absolute Gasteiger partial charge is 0.467 e. The molecule has 0 atom stereocenters. The molecule has 0 aliphatic heterocycles. The van der Waals surface area contributed by atoms with E-state index in [0.29, 0.717) is 38.8 Å². The molecular weight excluding hydrogens is 375 g/mol. The average molecular weight is 404 g/mol. The molecule has 1 aromatic carbocycles. The minimum atomic E-state index is -0.308. The summed E-state index contributed by atoms with van der Waals surface area (Å²) in [6, 6.07) is 9.64. The van der Waals surface area contributed by atoms with Crippen molar-refractivity contribution in [2.75, 3.05) is 32.8 Å². The highest BCUT2D eigenvalue weighted by molar-refractivity contribution is 5.80. The first-order valence-corrected chi connectivity index (χ1v) is 9.81. The van der Waals surface area contributed by atoms with Gasteiger partial charge >= 0.3 is 0 Å². The van der Waals surface area contributed by atoms with Crippen LogP contribution in [-0.4, -0.2) is 44.7 Å². The fourth-order valence-corrected chi connectivity index (χ4v) is 2.50. The molecule has 0 fully saturated rings. The summed E-state index contributed by atoms with van der Waals surface area (Å²) in [5, 5.41) is 9.18. The summed E-state index contributed by atoms with van der Waals surface area (Å²) in [6.45, 7) is 5.46. The van der Waals surface area contributed by atoms with E-state index in [0.717, 1.165) is 24.3 Å². The lowest BCUT2D eigenvalue weighted by Crippen LogP contribution is -2.41. The van der Waals surface area contributed by atoms with E-state index >= 15 is 0 Å². The van der Waals surface area contributed by atoms with Gasteiger partial charge in [0.2, 0.25) is 5.91 Å². The van der Waals surface area contributed by atoms with Crippen molar-refractivity contribution in [2.45, 2.75) is 26.4 Å². The number of nitrogens with zero attached hydrogens (tertiary/aromatic N) is 1. The molecule has 0 unspecified atom stereocenters. The van der Waals surface area contributed by atoms with Crippen LogP contribution in [0.5, 0.6) is 0 Å². The van der Waals surface area contributed by atoms with Gasteiger partial charge in [0.05, 0.1) is 12.7 Å². The number of furan rings is 1. The van der Waals surface area contributed by atoms with Crippen molar-refractivity contribution in [2.24, 2.45) is 4.99 Å². The lowest BCUT2D eigenvalue weighted by Gasteiger charge is -2.12. The monoisotopic (exact) mass is 404 g/mol. The van der Waals surface area contributed by atoms with Crippen LogP contribution in [0.3, 0.4) is 0 Å². The summed E-state index contributed by atoms with van der Waals surface area (Å²) in [5.41, 5.74) is 0.779. The number of benzene rings is 1. The first-order valence-electron chi connectivity index (χ1n) is 9.81. The fraction of sp³-hybridized carbons (Fsp3) is 0.429. The van der Waals surface area contributed by atoms with Crippen LogP contribution in [0.4, 0.5) is 4.39 Å². The molecule has 0 aliphatic carbocycles. The van der Waals surface area contributed by atoms with Crippen LogP contribution in [0.1, 0.15) is 24.7 Å². The molecule has 2 aromatic rings. The summed E-state index contributed by atoms with van der Waals surface area (Å²) in [4.78, 5) is 16.4. The molecular formula is C21H29FN4O3. The first kappa shape index (κ1) is 22.4. The Balaban J connectivity index is 1.57. The van der Waals surface area contributed by atoms with Gasteiger partial charge in [-0.2, -0.15) is 0 Å². The van der Waals surface area contributed by atoms with Gasteiger partial charge in [-0.3, -0.25) is 9.79 Å². The molecule has 1 heterocycles. The average Bonchev–Trinajstić information content (AvgIpc) is 3.23. The zero-order valence-corrected chi connectivity index (χ0v) is 16.7. The maximum atomic E-state index is 12.9. The van der Waals surface area contributed by atoms with E-state index in [9.17, 15) is 9.18 Å². The third kappa shape index (κ3) is 9.75. The smallest absolute Gasteiger partial charge is 0.224 e. The minimum absolute atomic E-state index is 0.103. The zero-order chi connectivity index (χ0) is 20.7. The molecule has 1 aromatic heterocycles. The van der Waals surface area contributed by atoms with Crippen molar-refractivity contribution in [3.05, 3.63) is 59.8 Å². The number of hydrogen-bond acceptors (Lipinski definition) is 4. The van der Waals surface area contributed by atoms with Crippen molar-refractivity contribution in [3.63, 3.8) is 0 Å². The van der Waals surface area contributed by atoms with Gasteiger partial charge in [-0.15, -0.1) is 0 Å². The van der Waals surface area contributed by atoms with Crippen LogP contribution in [0.25, 0.3) is 0 Å². The zero-order valence-electron chi connectivity index (χ0n) is 16.7. The van der Waals surface area contributed by atoms with Gasteiger partial charge in [0.15, 0.2) is 5.96 Å². The molecule has 0 radical (unpaired) electrons. The van der Waals surface area contributed by atoms with Crippen LogP contribution in [-0.2, 0) is 22.6 Å². The lowest BCUT2D eigenvalue weighted by molar-refractivity contribution is -0.120. The molecule has 0 spiro atoms. The number of ether oxygens (including phenoxy) is 1. The predicted molar refractivity (Wildman–Crippen MR) is 110 cm³/mol. The number of guanidine groups is 1. The standard InChI is InChI=1S/C21H29FN4O3/c1-2-23-21(25-10-4-13-28-16-19-5-3-14-29-19)26-12-11-24-20(27)15-17-6-8-18(22)9-7-17/h3,5-9,14H,2,4,10-13,15-16H2,1H3,(H,24,27)(H2,23,25,26). The number of amides is 1. The molecule has 158 valence electrons. The third-order valence-electron chi connectivity index (χ3n) is 3.90. The Morgan fingerprint density at radius 1 is 1.14 bits per heavy atom. The number of hydrogen-bond donors (Lipinski definition) is 3. The van der Waals surface area contributed by atoms with Gasteiger partial charge in [-0.1, -0.05) is 12.1 Å². The first-order chi connectivity index (χ1) is 14.2. The summed E-state index contributed by atoms with van der Waals surface area (Å²) >= 11 is 0. The molecule has 1 amide bonds. The van der Waals surface area contributed by atoms with Gasteiger partial charge in [0.25, 0.3) is 0 Å². The molecule has 2 rings (SSSR count). The van der Waals surface area contributed by atoms with Gasteiger partial charge in [0, 0.05) is 32.8 Å². The van der Waals surface area contributed by atoms with Crippen LogP contribution >= 0.6 is 0 Å². The highest BCUT2D eigenvalue weighted by Gasteiger charge is 2.03. The van der Waals surface area contributed by atoms with E-state index in [1.807, 2.05) is 19.1 Å². The van der Waals surface area contributed by atoms with Gasteiger partial charge in [0.1, 0.15) is 18.2 Å². The van der Waals surface area contributed by atoms with E-state index in [-0.39, 0.29) is 18.1 Å². The number of rotatable bonds is 12. The molecule has 3 N–H and O–H groups in total. The van der Waals surface area contributed by atoms with Crippen molar-refractivity contribution in [3.8, 4) is 0 Å². The van der Waals surface area contributed by atoms with Gasteiger partial charge < -0.3 is 25.1 Å². The normalized spacial score (nSPS) is 11.3. The van der Waals surface area contributed by atoms with Crippen molar-refractivity contribution >= 4 is 11.9 Å². The molecule has 7 nitrogen and oxygen atoms in total. The second-order valence-electron chi connectivity index (χ2n) is 6.33. The quantitative estimate of drug-likeness (QED) is 0.287. The van der Waals surface area contributed by atoms with Crippen LogP contribution in [0.2, 0.25) is 0 Å². The Kier molecular flexibility index (Phi) is 10.3. The maximum Gasteiger partial charge on any atom is 0.224 e. The molecule has 0 bridgehead atoms. The van der Waals surface area contributed by atoms with Crippen molar-refractivity contribution < 1.29 is 18.3 Å². The predicted octanol–water partition coefficient (Wildman–Crippen LogP) is 2.24. The number of nitrogens with one attached hydrogen (secondary N) is 3. The van der Waals surface area contributed by atoms with E-state index in [4.69, 9.17) is 9.15 Å². The third-order valence-corrected chi connectivity index (χ3v) is 3.90. The number of halogens is 1. The topological polar surface area (TPSA) is 87.9 Å². The number of carbonyl (C=O) groups excluding carboxylic acids is 1. The van der Waals surface area contributed by atoms with Crippen LogP contribution in [0, 0.1) is 5.82 Å². The van der Waals surface area contributed by atoms with E-state index in [2.05, 4.69) is 20.9 Å².